The van der Waals surface area contributed by atoms with Gasteiger partial charge in [0.05, 0.1) is 0 Å². The maximum absolute atomic E-state index is 6.08. The van der Waals surface area contributed by atoms with Crippen LogP contribution in [0.2, 0.25) is 0 Å². The molecule has 0 aliphatic rings. The summed E-state index contributed by atoms with van der Waals surface area (Å²) in [4.78, 5) is 37.8. The molecule has 0 atom stereocenters. The predicted molar refractivity (Wildman–Crippen MR) is 514 cm³/mol. The van der Waals surface area contributed by atoms with Gasteiger partial charge in [-0.1, -0.05) is 0 Å². The zero-order chi connectivity index (χ0) is 86.3. The van der Waals surface area contributed by atoms with Crippen molar-refractivity contribution >= 4 is 0 Å². The molecule has 0 radical (unpaired) electrons. The predicted octanol–water partition coefficient (Wildman–Crippen LogP) is 0.257. The SMILES string of the molecule is NCCCN(CCCN)CCCN(CCCN(CCCN)CCCN)CCCN(CCCCN(CCCN(CCCN(CCCN)CCCN)CCCN(CCCN)CCCN)CCCN(CCCN(CCCN)CCCN)CCCN(CCCN)CCCN)CCCN(CCCN(CCCN)CCCN)CCCN(CCCN)CCCN. The van der Waals surface area contributed by atoms with Gasteiger partial charge in [-0.15, -0.1) is 0 Å². The van der Waals surface area contributed by atoms with Gasteiger partial charge in [-0.25, -0.2) is 0 Å². The highest BCUT2D eigenvalue weighted by Gasteiger charge is 2.19. The van der Waals surface area contributed by atoms with Gasteiger partial charge in [0.25, 0.3) is 0 Å². The molecule has 0 saturated carbocycles. The summed E-state index contributed by atoms with van der Waals surface area (Å²) in [5, 5.41) is 0. The van der Waals surface area contributed by atoms with E-state index in [0.29, 0.717) is 0 Å². The van der Waals surface area contributed by atoms with E-state index in [9.17, 15) is 0 Å². The lowest BCUT2D eigenvalue weighted by Gasteiger charge is -2.30. The van der Waals surface area contributed by atoms with E-state index < -0.39 is 0 Å². The summed E-state index contributed by atoms with van der Waals surface area (Å²) in [5.41, 5.74) is 97.3. The van der Waals surface area contributed by atoms with E-state index in [2.05, 4.69) is 68.6 Å². The molecule has 30 heteroatoms. The van der Waals surface area contributed by atoms with Crippen LogP contribution < -0.4 is 91.7 Å². The third-order valence-corrected chi connectivity index (χ3v) is 23.4. The highest BCUT2D eigenvalue weighted by molar-refractivity contribution is 4.76. The van der Waals surface area contributed by atoms with Crippen molar-refractivity contribution in [3.05, 3.63) is 0 Å². The smallest absolute Gasteiger partial charge is 0.000653 e. The molecule has 118 heavy (non-hydrogen) atoms. The van der Waals surface area contributed by atoms with Crippen LogP contribution in [0.3, 0.4) is 0 Å². The minimum atomic E-state index is 0.718. The molecule has 0 aromatic heterocycles. The molecule has 0 bridgehead atoms. The molecule has 0 aliphatic heterocycles. The summed E-state index contributed by atoms with van der Waals surface area (Å²) in [6.07, 6.45) is 32.4. The maximum atomic E-state index is 6.08. The molecule has 0 fully saturated rings. The zero-order valence-corrected chi connectivity index (χ0v) is 77.7. The summed E-state index contributed by atoms with van der Waals surface area (Å²) in [7, 11) is 0. The average molecular weight is 1690 g/mol. The third-order valence-electron chi connectivity index (χ3n) is 23.4. The van der Waals surface area contributed by atoms with Crippen molar-refractivity contribution in [2.75, 3.05) is 380 Å². The Hall–Kier alpha value is -1.20. The molecule has 30 nitrogen and oxygen atoms in total. The molecule has 0 unspecified atom stereocenters. The Morgan fingerprint density at radius 2 is 0.119 bits per heavy atom. The molecule has 0 spiro atoms. The first-order valence-corrected chi connectivity index (χ1v) is 49.3. The van der Waals surface area contributed by atoms with Gasteiger partial charge in [-0.05, 0) is 572 Å². The fourth-order valence-electron chi connectivity index (χ4n) is 16.6. The second-order valence-electron chi connectivity index (χ2n) is 34.0. The van der Waals surface area contributed by atoms with Crippen LogP contribution in [-0.4, -0.2) is 448 Å². The number of nitrogens with zero attached hydrogens (tertiary/aromatic N) is 14. The Kier molecular flexibility index (Phi) is 91.1. The molecule has 0 saturated heterocycles. The lowest BCUT2D eigenvalue weighted by Crippen LogP contribution is -2.38. The van der Waals surface area contributed by atoms with E-state index in [4.69, 9.17) is 91.7 Å². The van der Waals surface area contributed by atoms with E-state index >= 15 is 0 Å². The van der Waals surface area contributed by atoms with Gasteiger partial charge in [0.1, 0.15) is 0 Å². The molecule has 0 heterocycles. The molecule has 32 N–H and O–H groups in total. The Balaban J connectivity index is 7.74. The summed E-state index contributed by atoms with van der Waals surface area (Å²) in [5.74, 6) is 0. The van der Waals surface area contributed by atoms with Crippen LogP contribution in [0.25, 0.3) is 0 Å². The Morgan fingerprint density at radius 3 is 0.178 bits per heavy atom. The van der Waals surface area contributed by atoms with Crippen molar-refractivity contribution in [2.24, 2.45) is 91.7 Å². The second kappa shape index (κ2) is 92.0. The first-order valence-electron chi connectivity index (χ1n) is 49.3. The van der Waals surface area contributed by atoms with Crippen molar-refractivity contribution in [1.29, 1.82) is 0 Å². The Morgan fingerprint density at radius 1 is 0.0678 bits per heavy atom. The summed E-state index contributed by atoms with van der Waals surface area (Å²) < 4.78 is 0. The standard InChI is InChI=1S/C88H208N30/c89-31-3-49-107(50-4-32-90)69-23-81-115(82-24-70-108(51-5-33-91)52-6-34-92)77-19-65-105(66-20-78-116(83-25-71-109(53-7-35-93)54-8-36-94)84-26-72-110(55-9-37-95)56-10-38-96)47-1-2-48-106(67-21-79-117(85-27-73-111(57-11-39-97)58-12-40-98)86-28-74-112(59-13-41-99)60-14-42-100)68-22-80-118(87-29-75-113(61-15-43-101)62-16-44-102)88-30-76-114(63-17-45-103)64-18-46-104/h1-104H2. The Labute approximate surface area is 729 Å². The number of hydrogen-bond donors (Lipinski definition) is 16. The second-order valence-corrected chi connectivity index (χ2v) is 34.0. The quantitative estimate of drug-likeness (QED) is 0.0363. The van der Waals surface area contributed by atoms with Crippen LogP contribution in [0.5, 0.6) is 0 Å². The topological polar surface area (TPSA) is 462 Å². The fourth-order valence-corrected chi connectivity index (χ4v) is 16.6. The van der Waals surface area contributed by atoms with Crippen molar-refractivity contribution in [3.63, 3.8) is 0 Å². The molecule has 710 valence electrons. The minimum absolute atomic E-state index is 0.718. The van der Waals surface area contributed by atoms with Gasteiger partial charge >= 0.3 is 0 Å². The van der Waals surface area contributed by atoms with Crippen molar-refractivity contribution in [2.45, 2.75) is 193 Å². The lowest BCUT2D eigenvalue weighted by molar-refractivity contribution is 0.174. The van der Waals surface area contributed by atoms with E-state index in [-0.39, 0.29) is 0 Å². The normalized spacial score (nSPS) is 12.6. The van der Waals surface area contributed by atoms with E-state index in [1.807, 2.05) is 0 Å². The highest BCUT2D eigenvalue weighted by Crippen LogP contribution is 2.13. The van der Waals surface area contributed by atoms with E-state index in [1.54, 1.807) is 0 Å². The number of hydrogen-bond acceptors (Lipinski definition) is 30. The van der Waals surface area contributed by atoms with Crippen molar-refractivity contribution < 1.29 is 0 Å². The van der Waals surface area contributed by atoms with Crippen LogP contribution >= 0.6 is 0 Å². The van der Waals surface area contributed by atoms with Gasteiger partial charge in [0.2, 0.25) is 0 Å². The molecule has 0 amide bonds. The fraction of sp³-hybridized carbons (Fsp3) is 1.00. The minimum Gasteiger partial charge on any atom is -0.330 e. The van der Waals surface area contributed by atoms with Gasteiger partial charge in [0, 0.05) is 0 Å². The number of nitrogens with two attached hydrogens (primary N) is 16. The highest BCUT2D eigenvalue weighted by atomic mass is 15.2. The van der Waals surface area contributed by atoms with Crippen LogP contribution in [0.4, 0.5) is 0 Å². The molecule has 0 aromatic carbocycles. The largest absolute Gasteiger partial charge is 0.330 e. The molecule has 0 aliphatic carbocycles. The molecule has 0 rings (SSSR count). The Bertz CT molecular complexity index is 1500. The van der Waals surface area contributed by atoms with Crippen LogP contribution in [-0.2, 0) is 0 Å². The van der Waals surface area contributed by atoms with Crippen molar-refractivity contribution in [1.82, 2.24) is 68.6 Å². The van der Waals surface area contributed by atoms with E-state index in [1.165, 1.54) is 12.8 Å². The number of rotatable bonds is 101. The van der Waals surface area contributed by atoms with Gasteiger partial charge in [-0.2, -0.15) is 0 Å². The molecule has 0 aromatic rings. The zero-order valence-electron chi connectivity index (χ0n) is 77.7. The summed E-state index contributed by atoms with van der Waals surface area (Å²) in [6, 6.07) is 0. The molecular weight excluding hydrogens is 1480 g/mol. The van der Waals surface area contributed by atoms with E-state index in [0.717, 1.165) is 559 Å². The monoisotopic (exact) mass is 1690 g/mol. The van der Waals surface area contributed by atoms with Crippen LogP contribution in [0, 0.1) is 0 Å². The van der Waals surface area contributed by atoms with Gasteiger partial charge < -0.3 is 160 Å². The van der Waals surface area contributed by atoms with Crippen LogP contribution in [0.1, 0.15) is 193 Å². The average Bonchev–Trinajstić information content (AvgIpc) is 0.909. The van der Waals surface area contributed by atoms with Crippen LogP contribution in [0.15, 0.2) is 0 Å². The van der Waals surface area contributed by atoms with Crippen molar-refractivity contribution in [3.8, 4) is 0 Å². The van der Waals surface area contributed by atoms with Gasteiger partial charge in [0.15, 0.2) is 0 Å². The lowest BCUT2D eigenvalue weighted by atomic mass is 10.2. The summed E-state index contributed by atoms with van der Waals surface area (Å²) in [6.45, 7) is 56.5. The maximum Gasteiger partial charge on any atom is -0.000653 e. The first-order chi connectivity index (χ1) is 58.0. The number of unbranched alkanes of at least 4 members (excludes halogenated alkanes) is 1. The molecular formula is C88H208N30. The first kappa shape index (κ1) is 117. The van der Waals surface area contributed by atoms with Gasteiger partial charge in [-0.3, -0.25) is 0 Å². The third kappa shape index (κ3) is 73.9. The summed E-state index contributed by atoms with van der Waals surface area (Å²) >= 11 is 0.